The van der Waals surface area contributed by atoms with E-state index < -0.39 is 0 Å². The number of hydrogen-bond donors (Lipinski definition) is 1. The molecule has 18 heavy (non-hydrogen) atoms. The molecule has 0 aromatic rings. The molecule has 0 atom stereocenters. The maximum atomic E-state index is 5.99. The van der Waals surface area contributed by atoms with Crippen molar-refractivity contribution in [3.8, 4) is 0 Å². The van der Waals surface area contributed by atoms with E-state index in [1.807, 2.05) is 0 Å². The molecule has 0 unspecified atom stereocenters. The summed E-state index contributed by atoms with van der Waals surface area (Å²) < 4.78 is 5.26. The molecule has 0 amide bonds. The van der Waals surface area contributed by atoms with E-state index in [-0.39, 0.29) is 0 Å². The van der Waals surface area contributed by atoms with E-state index in [9.17, 15) is 0 Å². The van der Waals surface area contributed by atoms with Crippen LogP contribution in [0, 0.1) is 5.92 Å². The smallest absolute Gasteiger partial charge is 0.0589 e. The van der Waals surface area contributed by atoms with Gasteiger partial charge in [0.25, 0.3) is 0 Å². The lowest BCUT2D eigenvalue weighted by molar-refractivity contribution is 0.0928. The van der Waals surface area contributed by atoms with Crippen LogP contribution in [0.3, 0.4) is 0 Å². The van der Waals surface area contributed by atoms with Crippen molar-refractivity contribution < 1.29 is 4.74 Å². The normalized spacial score (nSPS) is 25.0. The Balaban J connectivity index is 2.43. The molecule has 2 N–H and O–H groups in total. The van der Waals surface area contributed by atoms with Crippen LogP contribution in [0.25, 0.3) is 0 Å². The summed E-state index contributed by atoms with van der Waals surface area (Å²) in [5.74, 6) is 0.849. The zero-order chi connectivity index (χ0) is 13.4. The fraction of sp³-hybridized carbons (Fsp3) is 1.00. The molecule has 1 saturated carbocycles. The number of nitrogens with zero attached hydrogens (tertiary/aromatic N) is 1. The highest BCUT2D eigenvalue weighted by molar-refractivity contribution is 4.79. The van der Waals surface area contributed by atoms with Crippen LogP contribution in [0.5, 0.6) is 0 Å². The topological polar surface area (TPSA) is 38.5 Å². The van der Waals surface area contributed by atoms with Gasteiger partial charge in [-0.25, -0.2) is 0 Å². The van der Waals surface area contributed by atoms with E-state index in [1.54, 1.807) is 7.11 Å². The molecule has 1 fully saturated rings. The molecule has 0 radical (unpaired) electrons. The molecule has 0 bridgehead atoms. The van der Waals surface area contributed by atoms with Crippen molar-refractivity contribution in [1.82, 2.24) is 4.90 Å². The van der Waals surface area contributed by atoms with E-state index in [0.29, 0.717) is 6.04 Å². The molecule has 0 saturated heterocycles. The predicted octanol–water partition coefficient (Wildman–Crippen LogP) is 2.64. The summed E-state index contributed by atoms with van der Waals surface area (Å²) in [6.07, 6.45) is 7.53. The highest BCUT2D eigenvalue weighted by Crippen LogP contribution is 2.25. The lowest BCUT2D eigenvalue weighted by Crippen LogP contribution is -2.41. The Morgan fingerprint density at radius 3 is 2.28 bits per heavy atom. The van der Waals surface area contributed by atoms with Crippen LogP contribution in [0.2, 0.25) is 0 Å². The zero-order valence-electron chi connectivity index (χ0n) is 12.5. The maximum Gasteiger partial charge on any atom is 0.0589 e. The number of ether oxygens (including phenoxy) is 1. The fourth-order valence-electron chi connectivity index (χ4n) is 3.14. The minimum Gasteiger partial charge on any atom is -0.383 e. The van der Waals surface area contributed by atoms with Crippen molar-refractivity contribution in [3.05, 3.63) is 0 Å². The van der Waals surface area contributed by atoms with Gasteiger partial charge in [0.05, 0.1) is 6.61 Å². The molecule has 0 heterocycles. The summed E-state index contributed by atoms with van der Waals surface area (Å²) in [6.45, 7) is 7.76. The van der Waals surface area contributed by atoms with Gasteiger partial charge in [0.15, 0.2) is 0 Å². The molecule has 0 spiro atoms. The lowest BCUT2D eigenvalue weighted by atomic mass is 9.86. The van der Waals surface area contributed by atoms with Gasteiger partial charge in [-0.05, 0) is 44.4 Å². The van der Waals surface area contributed by atoms with Crippen molar-refractivity contribution in [2.45, 2.75) is 64.5 Å². The Bertz CT molecular complexity index is 199. The van der Waals surface area contributed by atoms with Crippen molar-refractivity contribution >= 4 is 0 Å². The van der Waals surface area contributed by atoms with E-state index in [2.05, 4.69) is 18.7 Å². The van der Waals surface area contributed by atoms with Gasteiger partial charge in [-0.3, -0.25) is 4.90 Å². The molecule has 108 valence electrons. The van der Waals surface area contributed by atoms with Gasteiger partial charge in [-0.15, -0.1) is 0 Å². The second kappa shape index (κ2) is 8.89. The van der Waals surface area contributed by atoms with Crippen LogP contribution in [0.15, 0.2) is 0 Å². The number of hydrogen-bond acceptors (Lipinski definition) is 3. The van der Waals surface area contributed by atoms with Crippen molar-refractivity contribution in [1.29, 1.82) is 0 Å². The summed E-state index contributed by atoms with van der Waals surface area (Å²) in [4.78, 5) is 2.64. The maximum absolute atomic E-state index is 5.99. The molecular formula is C15H32N2O. The van der Waals surface area contributed by atoms with Crippen LogP contribution in [0.4, 0.5) is 0 Å². The highest BCUT2D eigenvalue weighted by Gasteiger charge is 2.23. The van der Waals surface area contributed by atoms with Crippen molar-refractivity contribution in [3.63, 3.8) is 0 Å². The van der Waals surface area contributed by atoms with Gasteiger partial charge in [0.1, 0.15) is 0 Å². The third-order valence-corrected chi connectivity index (χ3v) is 4.43. The summed E-state index contributed by atoms with van der Waals surface area (Å²) in [5.41, 5.74) is 5.99. The zero-order valence-corrected chi connectivity index (χ0v) is 12.5. The summed E-state index contributed by atoms with van der Waals surface area (Å²) in [5, 5.41) is 0. The van der Waals surface area contributed by atoms with Gasteiger partial charge in [0, 0.05) is 32.3 Å². The van der Waals surface area contributed by atoms with Crippen molar-refractivity contribution in [2.75, 3.05) is 26.8 Å². The Labute approximate surface area is 113 Å². The number of nitrogens with two attached hydrogens (primary N) is 1. The average Bonchev–Trinajstić information content (AvgIpc) is 2.39. The Kier molecular flexibility index (Phi) is 7.87. The van der Waals surface area contributed by atoms with Crippen LogP contribution >= 0.6 is 0 Å². The van der Waals surface area contributed by atoms with E-state index in [4.69, 9.17) is 10.5 Å². The average molecular weight is 256 g/mol. The molecular weight excluding hydrogens is 224 g/mol. The van der Waals surface area contributed by atoms with Crippen LogP contribution in [-0.4, -0.2) is 43.8 Å². The fourth-order valence-corrected chi connectivity index (χ4v) is 3.14. The van der Waals surface area contributed by atoms with Crippen LogP contribution < -0.4 is 5.73 Å². The quantitative estimate of drug-likeness (QED) is 0.725. The molecule has 0 aromatic carbocycles. The minimum absolute atomic E-state index is 0.460. The summed E-state index contributed by atoms with van der Waals surface area (Å²) in [7, 11) is 1.80. The van der Waals surface area contributed by atoms with Gasteiger partial charge in [-0.2, -0.15) is 0 Å². The van der Waals surface area contributed by atoms with Gasteiger partial charge >= 0.3 is 0 Å². The molecule has 0 aliphatic heterocycles. The van der Waals surface area contributed by atoms with E-state index in [0.717, 1.165) is 25.1 Å². The second-order valence-electron chi connectivity index (χ2n) is 5.74. The second-order valence-corrected chi connectivity index (χ2v) is 5.74. The van der Waals surface area contributed by atoms with Gasteiger partial charge < -0.3 is 10.5 Å². The lowest BCUT2D eigenvalue weighted by Gasteiger charge is -2.35. The molecule has 3 heteroatoms. The number of methoxy groups -OCH3 is 1. The first-order valence-electron chi connectivity index (χ1n) is 7.69. The van der Waals surface area contributed by atoms with Gasteiger partial charge in [0.2, 0.25) is 0 Å². The predicted molar refractivity (Wildman–Crippen MR) is 77.8 cm³/mol. The molecule has 0 aromatic heterocycles. The molecule has 1 aliphatic carbocycles. The molecule has 3 nitrogen and oxygen atoms in total. The highest BCUT2D eigenvalue weighted by atomic mass is 16.5. The first-order chi connectivity index (χ1) is 8.71. The minimum atomic E-state index is 0.460. The Morgan fingerprint density at radius 1 is 1.17 bits per heavy atom. The Morgan fingerprint density at radius 2 is 1.78 bits per heavy atom. The number of rotatable bonds is 8. The third kappa shape index (κ3) is 5.25. The first-order valence-corrected chi connectivity index (χ1v) is 7.69. The SMILES string of the molecule is CCC(CC)N(CCOC)CC1CCC(N)CC1. The van der Waals surface area contributed by atoms with Crippen LogP contribution in [-0.2, 0) is 4.74 Å². The molecule has 1 rings (SSSR count). The van der Waals surface area contributed by atoms with E-state index in [1.165, 1.54) is 45.1 Å². The first kappa shape index (κ1) is 15.9. The van der Waals surface area contributed by atoms with E-state index >= 15 is 0 Å². The monoisotopic (exact) mass is 256 g/mol. The van der Waals surface area contributed by atoms with Gasteiger partial charge in [-0.1, -0.05) is 13.8 Å². The Hall–Kier alpha value is -0.120. The third-order valence-electron chi connectivity index (χ3n) is 4.43. The van der Waals surface area contributed by atoms with Crippen LogP contribution in [0.1, 0.15) is 52.4 Å². The summed E-state index contributed by atoms with van der Waals surface area (Å²) >= 11 is 0. The molecule has 1 aliphatic rings. The van der Waals surface area contributed by atoms with Crippen molar-refractivity contribution in [2.24, 2.45) is 11.7 Å². The summed E-state index contributed by atoms with van der Waals surface area (Å²) in [6, 6.07) is 1.18. The standard InChI is InChI=1S/C15H32N2O/c1-4-15(5-2)17(10-11-18-3)12-13-6-8-14(16)9-7-13/h13-15H,4-12,16H2,1-3H3. The largest absolute Gasteiger partial charge is 0.383 e.